The summed E-state index contributed by atoms with van der Waals surface area (Å²) in [6, 6.07) is 8.37. The number of benzene rings is 1. The third-order valence-electron chi connectivity index (χ3n) is 3.10. The second-order valence-corrected chi connectivity index (χ2v) is 4.20. The Bertz CT molecular complexity index is 458. The van der Waals surface area contributed by atoms with Gasteiger partial charge in [-0.3, -0.25) is 4.79 Å². The topological polar surface area (TPSA) is 82.1 Å². The summed E-state index contributed by atoms with van der Waals surface area (Å²) >= 11 is 0. The van der Waals surface area contributed by atoms with Gasteiger partial charge in [-0.15, -0.1) is 0 Å². The molecule has 0 aliphatic rings. The van der Waals surface area contributed by atoms with E-state index in [1.807, 2.05) is 0 Å². The van der Waals surface area contributed by atoms with E-state index in [1.54, 1.807) is 30.3 Å². The summed E-state index contributed by atoms with van der Waals surface area (Å²) in [5.74, 6) is -3.22. The Labute approximate surface area is 117 Å². The number of carbonyl (C=O) groups is 2. The molecule has 0 radical (unpaired) electrons. The van der Waals surface area contributed by atoms with E-state index >= 15 is 0 Å². The second-order valence-electron chi connectivity index (χ2n) is 4.20. The van der Waals surface area contributed by atoms with Crippen molar-refractivity contribution in [2.24, 2.45) is 0 Å². The van der Waals surface area contributed by atoms with E-state index in [0.29, 0.717) is 5.56 Å². The lowest BCUT2D eigenvalue weighted by molar-refractivity contribution is -0.182. The van der Waals surface area contributed by atoms with Crippen molar-refractivity contribution in [2.75, 3.05) is 27.9 Å². The number of carboxylic acids is 1. The highest BCUT2D eigenvalue weighted by Crippen LogP contribution is 2.33. The summed E-state index contributed by atoms with van der Waals surface area (Å²) in [6.07, 6.45) is 0. The number of ether oxygens (including phenoxy) is 3. The Morgan fingerprint density at radius 2 is 1.80 bits per heavy atom. The van der Waals surface area contributed by atoms with E-state index in [2.05, 4.69) is 0 Å². The molecule has 6 nitrogen and oxygen atoms in total. The number of esters is 1. The fourth-order valence-electron chi connectivity index (χ4n) is 2.16. The Morgan fingerprint density at radius 1 is 1.20 bits per heavy atom. The van der Waals surface area contributed by atoms with Crippen molar-refractivity contribution >= 4 is 11.9 Å². The fraction of sp³-hybridized carbons (Fsp3) is 0.429. The standard InChI is InChI=1S/C14H18O6/c1-18-9-14(20-3,13(17)19-2)11(12(15)16)10-7-5-4-6-8-10/h4-8,11H,9H2,1-3H3,(H,15,16). The molecule has 0 saturated heterocycles. The summed E-state index contributed by atoms with van der Waals surface area (Å²) < 4.78 is 14.9. The molecule has 2 atom stereocenters. The monoisotopic (exact) mass is 282 g/mol. The second kappa shape index (κ2) is 7.02. The molecular weight excluding hydrogens is 264 g/mol. The Kier molecular flexibility index (Phi) is 5.66. The number of carbonyl (C=O) groups excluding carboxylic acids is 1. The zero-order valence-corrected chi connectivity index (χ0v) is 11.7. The van der Waals surface area contributed by atoms with E-state index in [9.17, 15) is 14.7 Å². The minimum atomic E-state index is -1.74. The SMILES string of the molecule is COCC(OC)(C(=O)OC)C(C(=O)O)c1ccccc1. The molecule has 1 aromatic rings. The molecule has 0 spiro atoms. The minimum Gasteiger partial charge on any atom is -0.481 e. The summed E-state index contributed by atoms with van der Waals surface area (Å²) in [5, 5.41) is 9.52. The summed E-state index contributed by atoms with van der Waals surface area (Å²) in [6.45, 7) is -0.234. The number of carboxylic acid groups (broad SMARTS) is 1. The van der Waals surface area contributed by atoms with Crippen molar-refractivity contribution in [1.29, 1.82) is 0 Å². The molecule has 2 unspecified atom stereocenters. The molecule has 0 saturated carbocycles. The van der Waals surface area contributed by atoms with Crippen LogP contribution >= 0.6 is 0 Å². The van der Waals surface area contributed by atoms with E-state index in [1.165, 1.54) is 21.3 Å². The van der Waals surface area contributed by atoms with Crippen LogP contribution in [0.3, 0.4) is 0 Å². The van der Waals surface area contributed by atoms with Crippen LogP contribution in [0.1, 0.15) is 11.5 Å². The predicted molar refractivity (Wildman–Crippen MR) is 70.5 cm³/mol. The van der Waals surface area contributed by atoms with Crippen LogP contribution in [-0.2, 0) is 23.8 Å². The van der Waals surface area contributed by atoms with Crippen molar-refractivity contribution in [3.05, 3.63) is 35.9 Å². The van der Waals surface area contributed by atoms with Crippen LogP contribution in [0.15, 0.2) is 30.3 Å². The number of hydrogen-bond donors (Lipinski definition) is 1. The zero-order valence-electron chi connectivity index (χ0n) is 11.7. The van der Waals surface area contributed by atoms with Crippen molar-refractivity contribution < 1.29 is 28.9 Å². The largest absolute Gasteiger partial charge is 0.481 e. The van der Waals surface area contributed by atoms with Gasteiger partial charge in [-0.2, -0.15) is 0 Å². The molecule has 0 fully saturated rings. The first kappa shape index (κ1) is 16.1. The molecule has 0 aliphatic heterocycles. The van der Waals surface area contributed by atoms with Gasteiger partial charge >= 0.3 is 11.9 Å². The molecule has 0 bridgehead atoms. The first-order valence-corrected chi connectivity index (χ1v) is 5.93. The normalized spacial score (nSPS) is 15.2. The number of rotatable bonds is 7. The van der Waals surface area contributed by atoms with Gasteiger partial charge in [0, 0.05) is 14.2 Å². The molecular formula is C14H18O6. The van der Waals surface area contributed by atoms with Crippen LogP contribution in [0.5, 0.6) is 0 Å². The van der Waals surface area contributed by atoms with Crippen molar-refractivity contribution in [2.45, 2.75) is 11.5 Å². The van der Waals surface area contributed by atoms with Crippen molar-refractivity contribution in [1.82, 2.24) is 0 Å². The molecule has 1 N–H and O–H groups in total. The molecule has 6 heteroatoms. The highest BCUT2D eigenvalue weighted by molar-refractivity contribution is 5.90. The lowest BCUT2D eigenvalue weighted by atomic mass is 9.82. The van der Waals surface area contributed by atoms with Gasteiger partial charge in [-0.05, 0) is 5.56 Å². The highest BCUT2D eigenvalue weighted by atomic mass is 16.6. The smallest absolute Gasteiger partial charge is 0.341 e. The van der Waals surface area contributed by atoms with Gasteiger partial charge in [0.05, 0.1) is 13.7 Å². The minimum absolute atomic E-state index is 0.234. The molecule has 1 rings (SSSR count). The van der Waals surface area contributed by atoms with Crippen molar-refractivity contribution in [3.8, 4) is 0 Å². The fourth-order valence-corrected chi connectivity index (χ4v) is 2.16. The molecule has 0 aliphatic carbocycles. The first-order chi connectivity index (χ1) is 9.53. The average molecular weight is 282 g/mol. The first-order valence-electron chi connectivity index (χ1n) is 5.93. The van der Waals surface area contributed by atoms with E-state index < -0.39 is 23.5 Å². The maximum atomic E-state index is 12.1. The van der Waals surface area contributed by atoms with Crippen LogP contribution in [0.4, 0.5) is 0 Å². The Balaban J connectivity index is 3.39. The van der Waals surface area contributed by atoms with E-state index in [4.69, 9.17) is 14.2 Å². The Hall–Kier alpha value is -1.92. The van der Waals surface area contributed by atoms with Gasteiger partial charge in [-0.25, -0.2) is 4.79 Å². The third kappa shape index (κ3) is 2.97. The average Bonchev–Trinajstić information content (AvgIpc) is 2.46. The lowest BCUT2D eigenvalue weighted by Crippen LogP contribution is -2.53. The Morgan fingerprint density at radius 3 is 2.20 bits per heavy atom. The molecule has 0 heterocycles. The van der Waals surface area contributed by atoms with Crippen LogP contribution in [0, 0.1) is 0 Å². The lowest BCUT2D eigenvalue weighted by Gasteiger charge is -2.34. The van der Waals surface area contributed by atoms with Gasteiger partial charge in [-0.1, -0.05) is 30.3 Å². The van der Waals surface area contributed by atoms with Gasteiger partial charge in [0.2, 0.25) is 5.60 Å². The molecule has 1 aromatic carbocycles. The van der Waals surface area contributed by atoms with Gasteiger partial charge < -0.3 is 19.3 Å². The van der Waals surface area contributed by atoms with Crippen molar-refractivity contribution in [3.63, 3.8) is 0 Å². The van der Waals surface area contributed by atoms with Gasteiger partial charge in [0.15, 0.2) is 0 Å². The summed E-state index contributed by atoms with van der Waals surface area (Å²) in [5.41, 5.74) is -1.30. The molecule has 110 valence electrons. The van der Waals surface area contributed by atoms with Gasteiger partial charge in [0.1, 0.15) is 5.92 Å². The number of aliphatic carboxylic acids is 1. The quantitative estimate of drug-likeness (QED) is 0.753. The molecule has 20 heavy (non-hydrogen) atoms. The van der Waals surface area contributed by atoms with Crippen LogP contribution in [0.25, 0.3) is 0 Å². The van der Waals surface area contributed by atoms with Gasteiger partial charge in [0.25, 0.3) is 0 Å². The van der Waals surface area contributed by atoms with Crippen LogP contribution < -0.4 is 0 Å². The molecule has 0 aromatic heterocycles. The zero-order chi connectivity index (χ0) is 15.2. The number of hydrogen-bond acceptors (Lipinski definition) is 5. The molecule has 0 amide bonds. The van der Waals surface area contributed by atoms with Crippen LogP contribution in [-0.4, -0.2) is 50.6 Å². The number of methoxy groups -OCH3 is 3. The highest BCUT2D eigenvalue weighted by Gasteiger charge is 2.52. The maximum Gasteiger partial charge on any atom is 0.341 e. The van der Waals surface area contributed by atoms with E-state index in [0.717, 1.165) is 0 Å². The predicted octanol–water partition coefficient (Wildman–Crippen LogP) is 1.06. The summed E-state index contributed by atoms with van der Waals surface area (Å²) in [4.78, 5) is 23.7. The summed E-state index contributed by atoms with van der Waals surface area (Å²) in [7, 11) is 3.80. The van der Waals surface area contributed by atoms with E-state index in [-0.39, 0.29) is 6.61 Å². The third-order valence-corrected chi connectivity index (χ3v) is 3.10. The maximum absolute atomic E-state index is 12.1. The van der Waals surface area contributed by atoms with Crippen LogP contribution in [0.2, 0.25) is 0 Å².